The van der Waals surface area contributed by atoms with Crippen molar-refractivity contribution in [3.63, 3.8) is 0 Å². The number of nitrogens with zero attached hydrogens (tertiary/aromatic N) is 2. The average Bonchev–Trinajstić information content (AvgIpc) is 3.36. The smallest absolute Gasteiger partial charge is 0.245 e. The number of aryl methyl sites for hydroxylation is 2. The molecule has 1 N–H and O–H groups in total. The number of pyridine rings is 1. The fraction of sp³-hybridized carbons (Fsp3) is 0.567. The van der Waals surface area contributed by atoms with E-state index >= 15 is 0 Å². The highest BCUT2D eigenvalue weighted by atomic mass is 16.2. The van der Waals surface area contributed by atoms with Gasteiger partial charge in [-0.15, -0.1) is 0 Å². The summed E-state index contributed by atoms with van der Waals surface area (Å²) in [5.41, 5.74) is 5.80. The molecule has 5 heteroatoms. The lowest BCUT2D eigenvalue weighted by Crippen LogP contribution is -2.53. The van der Waals surface area contributed by atoms with Crippen LogP contribution in [0.5, 0.6) is 0 Å². The maximum absolute atomic E-state index is 14.0. The van der Waals surface area contributed by atoms with Crippen LogP contribution >= 0.6 is 0 Å². The summed E-state index contributed by atoms with van der Waals surface area (Å²) in [4.78, 5) is 33.5. The summed E-state index contributed by atoms with van der Waals surface area (Å²) in [6.07, 6.45) is 12.0. The van der Waals surface area contributed by atoms with E-state index in [0.29, 0.717) is 0 Å². The first-order chi connectivity index (χ1) is 16.9. The van der Waals surface area contributed by atoms with Crippen molar-refractivity contribution in [1.29, 1.82) is 0 Å². The summed E-state index contributed by atoms with van der Waals surface area (Å²) in [5, 5.41) is 3.19. The molecule has 2 heterocycles. The number of carbonyl (C=O) groups is 2. The zero-order valence-corrected chi connectivity index (χ0v) is 21.8. The first-order valence-corrected chi connectivity index (χ1v) is 13.5. The van der Waals surface area contributed by atoms with Crippen LogP contribution in [0.1, 0.15) is 87.9 Å². The van der Waals surface area contributed by atoms with Crippen LogP contribution in [0, 0.1) is 25.7 Å². The van der Waals surface area contributed by atoms with Crippen LogP contribution in [0.25, 0.3) is 11.1 Å². The van der Waals surface area contributed by atoms with Gasteiger partial charge in [-0.25, -0.2) is 0 Å². The lowest BCUT2D eigenvalue weighted by Gasteiger charge is -2.35. The number of carbonyl (C=O) groups excluding carboxylic acids is 2. The highest BCUT2D eigenvalue weighted by Gasteiger charge is 2.39. The van der Waals surface area contributed by atoms with Gasteiger partial charge in [0.1, 0.15) is 6.04 Å². The Morgan fingerprint density at radius 1 is 0.971 bits per heavy atom. The minimum atomic E-state index is -0.423. The molecular weight excluding hydrogens is 434 g/mol. The minimum absolute atomic E-state index is 0.00523. The zero-order valence-electron chi connectivity index (χ0n) is 21.8. The van der Waals surface area contributed by atoms with Crippen molar-refractivity contribution in [3.8, 4) is 11.1 Å². The molecule has 1 saturated heterocycles. The quantitative estimate of drug-likeness (QED) is 0.523. The van der Waals surface area contributed by atoms with Gasteiger partial charge in [0.2, 0.25) is 11.8 Å². The summed E-state index contributed by atoms with van der Waals surface area (Å²) in [6.45, 7) is 8.93. The number of likely N-dealkylation sites (tertiary alicyclic amines) is 1. The maximum atomic E-state index is 14.0. The molecule has 1 aliphatic carbocycles. The van der Waals surface area contributed by atoms with Gasteiger partial charge in [-0.3, -0.25) is 14.6 Å². The minimum Gasteiger partial charge on any atom is -0.344 e. The van der Waals surface area contributed by atoms with Crippen molar-refractivity contribution in [3.05, 3.63) is 53.3 Å². The van der Waals surface area contributed by atoms with Crippen LogP contribution in [0.15, 0.2) is 36.7 Å². The third-order valence-corrected chi connectivity index (χ3v) is 7.98. The molecule has 2 aromatic rings. The number of hydrogen-bond acceptors (Lipinski definition) is 3. The number of rotatable bonds is 7. The molecule has 35 heavy (non-hydrogen) atoms. The van der Waals surface area contributed by atoms with Crippen LogP contribution in [0.4, 0.5) is 0 Å². The van der Waals surface area contributed by atoms with Crippen LogP contribution in [-0.4, -0.2) is 34.3 Å². The largest absolute Gasteiger partial charge is 0.344 e. The predicted molar refractivity (Wildman–Crippen MR) is 141 cm³/mol. The molecule has 2 amide bonds. The maximum Gasteiger partial charge on any atom is 0.245 e. The van der Waals surface area contributed by atoms with E-state index in [9.17, 15) is 9.59 Å². The summed E-state index contributed by atoms with van der Waals surface area (Å²) in [5.74, 6) is 0.241. The Labute approximate surface area is 210 Å². The second-order valence-corrected chi connectivity index (χ2v) is 10.8. The molecule has 0 spiro atoms. The van der Waals surface area contributed by atoms with Crippen molar-refractivity contribution in [2.24, 2.45) is 11.8 Å². The van der Waals surface area contributed by atoms with E-state index in [4.69, 9.17) is 0 Å². The second-order valence-electron chi connectivity index (χ2n) is 10.8. The van der Waals surface area contributed by atoms with Gasteiger partial charge in [0.05, 0.1) is 6.04 Å². The SMILES string of the molecule is CCC(C)C(=O)NC(C(=O)N1CCCC1c1cncc(-c2cc(C)cc(C)c2)c1)C1CCCCC1. The van der Waals surface area contributed by atoms with Gasteiger partial charge >= 0.3 is 0 Å². The number of nitrogens with one attached hydrogen (secondary N) is 1. The molecule has 2 aliphatic rings. The second kappa shape index (κ2) is 11.4. The Hall–Kier alpha value is -2.69. The molecule has 188 valence electrons. The van der Waals surface area contributed by atoms with Gasteiger partial charge < -0.3 is 10.2 Å². The monoisotopic (exact) mass is 475 g/mol. The first kappa shape index (κ1) is 25.4. The highest BCUT2D eigenvalue weighted by Crippen LogP contribution is 2.36. The third kappa shape index (κ3) is 5.94. The number of aromatic nitrogens is 1. The Balaban J connectivity index is 1.59. The first-order valence-electron chi connectivity index (χ1n) is 13.5. The Bertz CT molecular complexity index is 1020. The highest BCUT2D eigenvalue weighted by molar-refractivity contribution is 5.89. The molecule has 5 nitrogen and oxygen atoms in total. The van der Waals surface area contributed by atoms with E-state index in [1.54, 1.807) is 0 Å². The molecular formula is C30H41N3O2. The van der Waals surface area contributed by atoms with Gasteiger partial charge in [-0.1, -0.05) is 62.4 Å². The lowest BCUT2D eigenvalue weighted by molar-refractivity contribution is -0.140. The van der Waals surface area contributed by atoms with E-state index < -0.39 is 6.04 Å². The standard InChI is InChI=1S/C30H41N3O2/c1-5-22(4)29(34)32-28(23-10-7-6-8-11-23)30(35)33-13-9-12-27(33)26-17-25(18-31-19-26)24-15-20(2)14-21(3)16-24/h14-19,22-23,27-28H,5-13H2,1-4H3,(H,32,34). The molecule has 3 atom stereocenters. The van der Waals surface area contributed by atoms with Crippen LogP contribution < -0.4 is 5.32 Å². The molecule has 3 unspecified atom stereocenters. The van der Waals surface area contributed by atoms with Gasteiger partial charge in [-0.2, -0.15) is 0 Å². The summed E-state index contributed by atoms with van der Waals surface area (Å²) in [7, 11) is 0. The van der Waals surface area contributed by atoms with Crippen molar-refractivity contribution >= 4 is 11.8 Å². The van der Waals surface area contributed by atoms with E-state index in [0.717, 1.165) is 68.2 Å². The molecule has 1 aromatic heterocycles. The van der Waals surface area contributed by atoms with Gasteiger partial charge in [0, 0.05) is 30.4 Å². The summed E-state index contributed by atoms with van der Waals surface area (Å²) < 4.78 is 0. The van der Waals surface area contributed by atoms with Crippen molar-refractivity contribution in [2.45, 2.75) is 91.1 Å². The Morgan fingerprint density at radius 3 is 2.37 bits per heavy atom. The van der Waals surface area contributed by atoms with Gasteiger partial charge in [0.15, 0.2) is 0 Å². The molecule has 0 bridgehead atoms. The molecule has 1 saturated carbocycles. The van der Waals surface area contributed by atoms with Gasteiger partial charge in [0.25, 0.3) is 0 Å². The molecule has 2 fully saturated rings. The van der Waals surface area contributed by atoms with E-state index in [2.05, 4.69) is 48.4 Å². The Morgan fingerprint density at radius 2 is 1.69 bits per heavy atom. The average molecular weight is 476 g/mol. The zero-order chi connectivity index (χ0) is 24.9. The summed E-state index contributed by atoms with van der Waals surface area (Å²) in [6, 6.07) is 8.34. The van der Waals surface area contributed by atoms with Crippen LogP contribution in [-0.2, 0) is 9.59 Å². The normalized spacial score (nSPS) is 20.5. The van der Waals surface area contributed by atoms with E-state index in [1.807, 2.05) is 31.1 Å². The number of amides is 2. The Kier molecular flexibility index (Phi) is 8.25. The molecule has 1 aliphatic heterocycles. The molecule has 1 aromatic carbocycles. The topological polar surface area (TPSA) is 62.3 Å². The predicted octanol–water partition coefficient (Wildman–Crippen LogP) is 6.14. The fourth-order valence-corrected chi connectivity index (χ4v) is 5.82. The lowest BCUT2D eigenvalue weighted by atomic mass is 9.83. The van der Waals surface area contributed by atoms with Crippen LogP contribution in [0.3, 0.4) is 0 Å². The van der Waals surface area contributed by atoms with Crippen molar-refractivity contribution in [1.82, 2.24) is 15.2 Å². The van der Waals surface area contributed by atoms with E-state index in [-0.39, 0.29) is 29.7 Å². The third-order valence-electron chi connectivity index (χ3n) is 7.98. The molecule has 4 rings (SSSR count). The number of hydrogen-bond donors (Lipinski definition) is 1. The fourth-order valence-electron chi connectivity index (χ4n) is 5.82. The summed E-state index contributed by atoms with van der Waals surface area (Å²) >= 11 is 0. The van der Waals surface area contributed by atoms with Crippen molar-refractivity contribution in [2.75, 3.05) is 6.54 Å². The number of benzene rings is 1. The van der Waals surface area contributed by atoms with Crippen LogP contribution in [0.2, 0.25) is 0 Å². The van der Waals surface area contributed by atoms with Gasteiger partial charge in [-0.05, 0) is 69.1 Å². The van der Waals surface area contributed by atoms with Crippen molar-refractivity contribution < 1.29 is 9.59 Å². The molecule has 0 radical (unpaired) electrons. The van der Waals surface area contributed by atoms with E-state index in [1.165, 1.54) is 17.5 Å².